The van der Waals surface area contributed by atoms with E-state index in [9.17, 15) is 13.6 Å². The lowest BCUT2D eigenvalue weighted by atomic mass is 9.99. The number of halogens is 2. The maximum absolute atomic E-state index is 14.7. The Hall–Kier alpha value is -3.07. The van der Waals surface area contributed by atoms with Crippen LogP contribution in [0.5, 0.6) is 5.75 Å². The number of amides is 1. The third kappa shape index (κ3) is 4.86. The van der Waals surface area contributed by atoms with Crippen molar-refractivity contribution in [3.05, 3.63) is 53.3 Å². The maximum Gasteiger partial charge on any atom is 0.297 e. The standard InChI is InChI=1S/C20H22F2N4O3/c1-3-29-16-7-5-13(25-19(27)15-6-4-12(2)9-24-15)8-14(16)18-20(21,22)11-28-10-17(23)26-18/h4-9,18H,3,10-11H2,1-2H3,(H2,23,26)(H,25,27). The van der Waals surface area contributed by atoms with Gasteiger partial charge in [-0.3, -0.25) is 14.8 Å². The van der Waals surface area contributed by atoms with Crippen LogP contribution in [-0.4, -0.2) is 42.5 Å². The number of anilines is 1. The molecule has 7 nitrogen and oxygen atoms in total. The highest BCUT2D eigenvalue weighted by atomic mass is 19.3. The number of carbonyl (C=O) groups is 1. The van der Waals surface area contributed by atoms with Crippen LogP contribution >= 0.6 is 0 Å². The molecule has 0 saturated carbocycles. The first-order chi connectivity index (χ1) is 13.8. The van der Waals surface area contributed by atoms with Crippen molar-refractivity contribution < 1.29 is 23.0 Å². The van der Waals surface area contributed by atoms with Gasteiger partial charge < -0.3 is 20.5 Å². The summed E-state index contributed by atoms with van der Waals surface area (Å²) in [5, 5.41) is 2.67. The number of hydrogen-bond acceptors (Lipinski definition) is 6. The van der Waals surface area contributed by atoms with Crippen LogP contribution < -0.4 is 15.8 Å². The summed E-state index contributed by atoms with van der Waals surface area (Å²) < 4.78 is 39.7. The van der Waals surface area contributed by atoms with E-state index in [1.54, 1.807) is 31.3 Å². The van der Waals surface area contributed by atoms with Gasteiger partial charge in [0.25, 0.3) is 11.8 Å². The van der Waals surface area contributed by atoms with Crippen molar-refractivity contribution in [2.45, 2.75) is 25.8 Å². The number of aryl methyl sites for hydroxylation is 1. The summed E-state index contributed by atoms with van der Waals surface area (Å²) in [5.41, 5.74) is 7.23. The topological polar surface area (TPSA) is 98.8 Å². The van der Waals surface area contributed by atoms with Crippen molar-refractivity contribution in [1.82, 2.24) is 4.98 Å². The van der Waals surface area contributed by atoms with E-state index in [4.69, 9.17) is 15.2 Å². The summed E-state index contributed by atoms with van der Waals surface area (Å²) in [4.78, 5) is 20.4. The zero-order valence-electron chi connectivity index (χ0n) is 16.1. The molecule has 0 aliphatic carbocycles. The number of nitrogens with one attached hydrogen (secondary N) is 1. The largest absolute Gasteiger partial charge is 0.494 e. The van der Waals surface area contributed by atoms with E-state index in [0.29, 0.717) is 5.69 Å². The number of hydrogen-bond donors (Lipinski definition) is 2. The number of pyridine rings is 1. The van der Waals surface area contributed by atoms with E-state index in [2.05, 4.69) is 15.3 Å². The van der Waals surface area contributed by atoms with Crippen molar-refractivity contribution in [3.8, 4) is 5.75 Å². The van der Waals surface area contributed by atoms with Crippen LogP contribution in [0.1, 0.15) is 34.6 Å². The summed E-state index contributed by atoms with van der Waals surface area (Å²) in [5.74, 6) is -3.55. The number of ether oxygens (including phenoxy) is 2. The van der Waals surface area contributed by atoms with E-state index in [1.807, 2.05) is 6.92 Å². The van der Waals surface area contributed by atoms with Crippen LogP contribution in [0.4, 0.5) is 14.5 Å². The van der Waals surface area contributed by atoms with Gasteiger partial charge in [0, 0.05) is 17.4 Å². The van der Waals surface area contributed by atoms with Gasteiger partial charge in [-0.2, -0.15) is 0 Å². The number of alkyl halides is 2. The van der Waals surface area contributed by atoms with Crippen molar-refractivity contribution in [3.63, 3.8) is 0 Å². The zero-order chi connectivity index (χ0) is 21.0. The molecular weight excluding hydrogens is 382 g/mol. The van der Waals surface area contributed by atoms with Gasteiger partial charge in [0.2, 0.25) is 0 Å². The Morgan fingerprint density at radius 1 is 1.38 bits per heavy atom. The van der Waals surface area contributed by atoms with Gasteiger partial charge in [-0.05, 0) is 43.7 Å². The van der Waals surface area contributed by atoms with Crippen molar-refractivity contribution >= 4 is 17.4 Å². The molecular formula is C20H22F2N4O3. The molecule has 1 aromatic carbocycles. The number of amidine groups is 1. The Kier molecular flexibility index (Phi) is 6.07. The summed E-state index contributed by atoms with van der Waals surface area (Å²) in [6.07, 6.45) is 1.57. The fraction of sp³-hybridized carbons (Fsp3) is 0.350. The maximum atomic E-state index is 14.7. The molecule has 1 amide bonds. The van der Waals surface area contributed by atoms with Gasteiger partial charge in [-0.25, -0.2) is 8.78 Å². The van der Waals surface area contributed by atoms with Gasteiger partial charge in [-0.1, -0.05) is 6.07 Å². The molecule has 0 spiro atoms. The molecule has 3 rings (SSSR count). The van der Waals surface area contributed by atoms with Crippen LogP contribution in [0.15, 0.2) is 41.5 Å². The van der Waals surface area contributed by atoms with Crippen LogP contribution in [0.3, 0.4) is 0 Å². The fourth-order valence-electron chi connectivity index (χ4n) is 2.89. The number of rotatable bonds is 5. The molecule has 1 aromatic heterocycles. The highest BCUT2D eigenvalue weighted by Gasteiger charge is 2.44. The van der Waals surface area contributed by atoms with Crippen LogP contribution in [0.2, 0.25) is 0 Å². The van der Waals surface area contributed by atoms with Crippen molar-refractivity contribution in [2.75, 3.05) is 25.1 Å². The Morgan fingerprint density at radius 3 is 2.86 bits per heavy atom. The molecule has 154 valence electrons. The molecule has 1 atom stereocenters. The van der Waals surface area contributed by atoms with Gasteiger partial charge in [0.05, 0.1) is 6.61 Å². The Morgan fingerprint density at radius 2 is 2.17 bits per heavy atom. The summed E-state index contributed by atoms with van der Waals surface area (Å²) in [6, 6.07) is 6.25. The molecule has 1 aliphatic heterocycles. The third-order valence-electron chi connectivity index (χ3n) is 4.25. The number of nitrogens with zero attached hydrogens (tertiary/aromatic N) is 2. The molecule has 9 heteroatoms. The highest BCUT2D eigenvalue weighted by molar-refractivity contribution is 6.02. The first-order valence-electron chi connectivity index (χ1n) is 9.08. The quantitative estimate of drug-likeness (QED) is 0.798. The minimum Gasteiger partial charge on any atom is -0.494 e. The second-order valence-electron chi connectivity index (χ2n) is 6.64. The monoisotopic (exact) mass is 404 g/mol. The van der Waals surface area contributed by atoms with E-state index in [1.165, 1.54) is 12.1 Å². The Labute approximate surface area is 166 Å². The van der Waals surface area contributed by atoms with Gasteiger partial charge in [0.1, 0.15) is 36.5 Å². The molecule has 0 fully saturated rings. The smallest absolute Gasteiger partial charge is 0.297 e. The Balaban J connectivity index is 1.96. The third-order valence-corrected chi connectivity index (χ3v) is 4.25. The van der Waals surface area contributed by atoms with E-state index in [-0.39, 0.29) is 36.1 Å². The summed E-state index contributed by atoms with van der Waals surface area (Å²) in [7, 11) is 0. The van der Waals surface area contributed by atoms with Crippen LogP contribution in [0, 0.1) is 6.92 Å². The Bertz CT molecular complexity index is 916. The number of carbonyl (C=O) groups excluding carboxylic acids is 1. The summed E-state index contributed by atoms with van der Waals surface area (Å²) >= 11 is 0. The molecule has 1 unspecified atom stereocenters. The van der Waals surface area contributed by atoms with Gasteiger partial charge in [0.15, 0.2) is 0 Å². The predicted octanol–water partition coefficient (Wildman–Crippen LogP) is 3.10. The second-order valence-corrected chi connectivity index (χ2v) is 6.64. The average Bonchev–Trinajstić information content (AvgIpc) is 2.81. The van der Waals surface area contributed by atoms with E-state index in [0.717, 1.165) is 5.56 Å². The lowest BCUT2D eigenvalue weighted by molar-refractivity contribution is -0.0829. The lowest BCUT2D eigenvalue weighted by Crippen LogP contribution is -2.30. The summed E-state index contributed by atoms with van der Waals surface area (Å²) in [6.45, 7) is 2.88. The van der Waals surface area contributed by atoms with Crippen molar-refractivity contribution in [2.24, 2.45) is 10.7 Å². The van der Waals surface area contributed by atoms with E-state index >= 15 is 0 Å². The second kappa shape index (κ2) is 8.52. The lowest BCUT2D eigenvalue weighted by Gasteiger charge is -2.24. The molecule has 0 radical (unpaired) electrons. The number of aromatic nitrogens is 1. The van der Waals surface area contributed by atoms with Gasteiger partial charge in [-0.15, -0.1) is 0 Å². The predicted molar refractivity (Wildman–Crippen MR) is 105 cm³/mol. The normalized spacial score (nSPS) is 18.5. The molecule has 0 bridgehead atoms. The minimum atomic E-state index is -3.30. The molecule has 2 aromatic rings. The molecule has 3 N–H and O–H groups in total. The zero-order valence-corrected chi connectivity index (χ0v) is 16.1. The van der Waals surface area contributed by atoms with Crippen LogP contribution in [0.25, 0.3) is 0 Å². The van der Waals surface area contributed by atoms with Crippen molar-refractivity contribution in [1.29, 1.82) is 0 Å². The average molecular weight is 404 g/mol. The minimum absolute atomic E-state index is 0.0343. The number of nitrogens with two attached hydrogens (primary N) is 1. The van der Waals surface area contributed by atoms with E-state index < -0.39 is 24.5 Å². The highest BCUT2D eigenvalue weighted by Crippen LogP contribution is 2.41. The SMILES string of the molecule is CCOc1ccc(NC(=O)c2ccc(C)cn2)cc1C1N=C(N)COCC1(F)F. The number of benzene rings is 1. The molecule has 1 aliphatic rings. The first kappa shape index (κ1) is 20.7. The number of aliphatic imine (C=N–C) groups is 1. The fourth-order valence-corrected chi connectivity index (χ4v) is 2.89. The van der Waals surface area contributed by atoms with Crippen LogP contribution in [-0.2, 0) is 4.74 Å². The van der Waals surface area contributed by atoms with Gasteiger partial charge >= 0.3 is 0 Å². The molecule has 29 heavy (non-hydrogen) atoms. The molecule has 0 saturated heterocycles. The molecule has 2 heterocycles. The first-order valence-corrected chi connectivity index (χ1v) is 9.08.